The number of amides is 1. The molecular formula is C11H20N2O2. The van der Waals surface area contributed by atoms with Crippen molar-refractivity contribution in [1.82, 2.24) is 4.90 Å². The van der Waals surface area contributed by atoms with Gasteiger partial charge >= 0.3 is 0 Å². The number of hydrogen-bond acceptors (Lipinski definition) is 3. The fourth-order valence-corrected chi connectivity index (χ4v) is 2.64. The highest BCUT2D eigenvalue weighted by molar-refractivity contribution is 5.83. The first kappa shape index (κ1) is 10.9. The highest BCUT2D eigenvalue weighted by Crippen LogP contribution is 2.29. The second kappa shape index (κ2) is 4.10. The molecule has 1 heterocycles. The smallest absolute Gasteiger partial charge is 0.239 e. The molecule has 0 radical (unpaired) electrons. The number of aliphatic hydroxyl groups is 1. The maximum absolute atomic E-state index is 11.6. The molecule has 3 N–H and O–H groups in total. The first-order valence-electron chi connectivity index (χ1n) is 5.87. The Morgan fingerprint density at radius 2 is 2.07 bits per heavy atom. The second-order valence-electron chi connectivity index (χ2n) is 4.94. The standard InChI is InChI=1S/C11H20N2O2/c12-9-4-7-13(10(9)14)8-11(15)5-2-1-3-6-11/h9,15H,1-8,12H2. The Labute approximate surface area is 90.4 Å². The zero-order valence-corrected chi connectivity index (χ0v) is 9.11. The number of rotatable bonds is 2. The van der Waals surface area contributed by atoms with Crippen LogP contribution in [0, 0.1) is 0 Å². The SMILES string of the molecule is NC1CCN(CC2(O)CCCCC2)C1=O. The van der Waals surface area contributed by atoms with Crippen molar-refractivity contribution in [3.63, 3.8) is 0 Å². The number of β-amino-alcohol motifs (C(OH)–C–C–N with tert-alkyl or cyclic N) is 1. The maximum atomic E-state index is 11.6. The van der Waals surface area contributed by atoms with Crippen molar-refractivity contribution in [1.29, 1.82) is 0 Å². The average Bonchev–Trinajstić information content (AvgIpc) is 2.50. The second-order valence-corrected chi connectivity index (χ2v) is 4.94. The molecule has 15 heavy (non-hydrogen) atoms. The predicted molar refractivity (Wildman–Crippen MR) is 57.2 cm³/mol. The van der Waals surface area contributed by atoms with Crippen LogP contribution in [0.2, 0.25) is 0 Å². The van der Waals surface area contributed by atoms with Crippen LogP contribution in [-0.4, -0.2) is 40.6 Å². The summed E-state index contributed by atoms with van der Waals surface area (Å²) >= 11 is 0. The van der Waals surface area contributed by atoms with Gasteiger partial charge in [-0.3, -0.25) is 4.79 Å². The fraction of sp³-hybridized carbons (Fsp3) is 0.909. The van der Waals surface area contributed by atoms with E-state index in [0.29, 0.717) is 13.1 Å². The number of nitrogens with two attached hydrogens (primary N) is 1. The summed E-state index contributed by atoms with van der Waals surface area (Å²) < 4.78 is 0. The zero-order chi connectivity index (χ0) is 10.9. The number of likely N-dealkylation sites (tertiary alicyclic amines) is 1. The summed E-state index contributed by atoms with van der Waals surface area (Å²) in [5.41, 5.74) is 5.00. The van der Waals surface area contributed by atoms with E-state index in [1.807, 2.05) is 0 Å². The van der Waals surface area contributed by atoms with Crippen LogP contribution in [0.15, 0.2) is 0 Å². The van der Waals surface area contributed by atoms with Crippen molar-refractivity contribution in [2.24, 2.45) is 5.73 Å². The van der Waals surface area contributed by atoms with E-state index in [9.17, 15) is 9.90 Å². The molecule has 1 atom stereocenters. The molecule has 1 saturated heterocycles. The molecule has 0 aromatic rings. The van der Waals surface area contributed by atoms with Gasteiger partial charge in [0.2, 0.25) is 5.91 Å². The molecule has 4 nitrogen and oxygen atoms in total. The molecule has 1 aliphatic heterocycles. The van der Waals surface area contributed by atoms with E-state index in [0.717, 1.165) is 32.1 Å². The van der Waals surface area contributed by atoms with Gasteiger partial charge in [-0.2, -0.15) is 0 Å². The molecule has 1 saturated carbocycles. The van der Waals surface area contributed by atoms with Gasteiger partial charge in [-0.15, -0.1) is 0 Å². The topological polar surface area (TPSA) is 66.6 Å². The molecular weight excluding hydrogens is 192 g/mol. The van der Waals surface area contributed by atoms with Crippen molar-refractivity contribution < 1.29 is 9.90 Å². The first-order chi connectivity index (χ1) is 7.11. The van der Waals surface area contributed by atoms with E-state index in [2.05, 4.69) is 0 Å². The van der Waals surface area contributed by atoms with Crippen LogP contribution < -0.4 is 5.73 Å². The summed E-state index contributed by atoms with van der Waals surface area (Å²) in [6.07, 6.45) is 5.73. The highest BCUT2D eigenvalue weighted by Gasteiger charge is 2.36. The average molecular weight is 212 g/mol. The van der Waals surface area contributed by atoms with Gasteiger partial charge in [-0.1, -0.05) is 19.3 Å². The van der Waals surface area contributed by atoms with E-state index in [4.69, 9.17) is 5.73 Å². The zero-order valence-electron chi connectivity index (χ0n) is 9.11. The van der Waals surface area contributed by atoms with Gasteiger partial charge < -0.3 is 15.7 Å². The Morgan fingerprint density at radius 3 is 2.60 bits per heavy atom. The van der Waals surface area contributed by atoms with Crippen molar-refractivity contribution >= 4 is 5.91 Å². The van der Waals surface area contributed by atoms with Crippen LogP contribution >= 0.6 is 0 Å². The Morgan fingerprint density at radius 1 is 1.40 bits per heavy atom. The van der Waals surface area contributed by atoms with E-state index in [1.54, 1.807) is 4.90 Å². The van der Waals surface area contributed by atoms with E-state index in [-0.39, 0.29) is 11.9 Å². The molecule has 0 bridgehead atoms. The molecule has 1 amide bonds. The third-order valence-electron chi connectivity index (χ3n) is 3.61. The summed E-state index contributed by atoms with van der Waals surface area (Å²) in [4.78, 5) is 13.3. The third kappa shape index (κ3) is 2.32. The molecule has 2 aliphatic rings. The van der Waals surface area contributed by atoms with Crippen LogP contribution in [0.3, 0.4) is 0 Å². The summed E-state index contributed by atoms with van der Waals surface area (Å²) in [6, 6.07) is -0.336. The summed E-state index contributed by atoms with van der Waals surface area (Å²) in [5.74, 6) is 0.00833. The molecule has 2 fully saturated rings. The Kier molecular flexibility index (Phi) is 2.98. The molecule has 0 spiro atoms. The van der Waals surface area contributed by atoms with Crippen molar-refractivity contribution in [2.45, 2.75) is 50.2 Å². The normalized spacial score (nSPS) is 30.9. The summed E-state index contributed by atoms with van der Waals surface area (Å²) in [5, 5.41) is 10.3. The van der Waals surface area contributed by atoms with Gasteiger partial charge in [0.25, 0.3) is 0 Å². The molecule has 4 heteroatoms. The molecule has 0 aromatic heterocycles. The number of carbonyl (C=O) groups excluding carboxylic acids is 1. The molecule has 2 rings (SSSR count). The van der Waals surface area contributed by atoms with Crippen LogP contribution in [0.25, 0.3) is 0 Å². The Balaban J connectivity index is 1.93. The summed E-state index contributed by atoms with van der Waals surface area (Å²) in [6.45, 7) is 1.20. The van der Waals surface area contributed by atoms with E-state index in [1.165, 1.54) is 6.42 Å². The molecule has 0 aromatic carbocycles. The lowest BCUT2D eigenvalue weighted by atomic mass is 9.84. The van der Waals surface area contributed by atoms with Crippen LogP contribution in [0.1, 0.15) is 38.5 Å². The lowest BCUT2D eigenvalue weighted by Crippen LogP contribution is -2.46. The highest BCUT2D eigenvalue weighted by atomic mass is 16.3. The number of hydrogen-bond donors (Lipinski definition) is 2. The molecule has 86 valence electrons. The number of nitrogens with zero attached hydrogens (tertiary/aromatic N) is 1. The predicted octanol–water partition coefficient (Wildman–Crippen LogP) is 0.241. The van der Waals surface area contributed by atoms with E-state index < -0.39 is 5.60 Å². The van der Waals surface area contributed by atoms with Gasteiger partial charge in [-0.25, -0.2) is 0 Å². The largest absolute Gasteiger partial charge is 0.388 e. The lowest BCUT2D eigenvalue weighted by molar-refractivity contribution is -0.132. The Bertz CT molecular complexity index is 249. The minimum absolute atomic E-state index is 0.00833. The fourth-order valence-electron chi connectivity index (χ4n) is 2.64. The third-order valence-corrected chi connectivity index (χ3v) is 3.61. The Hall–Kier alpha value is -0.610. The van der Waals surface area contributed by atoms with Gasteiger partial charge in [-0.05, 0) is 19.3 Å². The van der Waals surface area contributed by atoms with Gasteiger partial charge in [0.1, 0.15) is 0 Å². The van der Waals surface area contributed by atoms with Gasteiger partial charge in [0.05, 0.1) is 11.6 Å². The molecule has 1 aliphatic carbocycles. The summed E-state index contributed by atoms with van der Waals surface area (Å²) in [7, 11) is 0. The number of carbonyl (C=O) groups is 1. The van der Waals surface area contributed by atoms with Crippen LogP contribution in [0.4, 0.5) is 0 Å². The van der Waals surface area contributed by atoms with Gasteiger partial charge in [0, 0.05) is 13.1 Å². The molecule has 1 unspecified atom stereocenters. The quantitative estimate of drug-likeness (QED) is 0.689. The van der Waals surface area contributed by atoms with Crippen molar-refractivity contribution in [2.75, 3.05) is 13.1 Å². The van der Waals surface area contributed by atoms with Crippen molar-refractivity contribution in [3.8, 4) is 0 Å². The maximum Gasteiger partial charge on any atom is 0.239 e. The minimum Gasteiger partial charge on any atom is -0.388 e. The first-order valence-corrected chi connectivity index (χ1v) is 5.87. The lowest BCUT2D eigenvalue weighted by Gasteiger charge is -2.35. The van der Waals surface area contributed by atoms with Gasteiger partial charge in [0.15, 0.2) is 0 Å². The monoisotopic (exact) mass is 212 g/mol. The minimum atomic E-state index is -0.641. The van der Waals surface area contributed by atoms with Crippen LogP contribution in [0.5, 0.6) is 0 Å². The van der Waals surface area contributed by atoms with E-state index >= 15 is 0 Å². The van der Waals surface area contributed by atoms with Crippen LogP contribution in [-0.2, 0) is 4.79 Å². The van der Waals surface area contributed by atoms with Crippen molar-refractivity contribution in [3.05, 3.63) is 0 Å².